The summed E-state index contributed by atoms with van der Waals surface area (Å²) in [5, 5.41) is 7.38. The molecule has 1 aromatic rings. The van der Waals surface area contributed by atoms with Crippen LogP contribution < -0.4 is 11.1 Å². The first-order chi connectivity index (χ1) is 8.02. The average molecular weight is 240 g/mol. The minimum atomic E-state index is -0.465. The molecule has 1 heterocycles. The summed E-state index contributed by atoms with van der Waals surface area (Å²) in [5.41, 5.74) is 6.23. The number of hydrogen-bond acceptors (Lipinski definition) is 5. The van der Waals surface area contributed by atoms with Crippen LogP contribution in [0.1, 0.15) is 43.6 Å². The van der Waals surface area contributed by atoms with Gasteiger partial charge in [0.25, 0.3) is 0 Å². The van der Waals surface area contributed by atoms with Crippen LogP contribution >= 0.6 is 0 Å². The average Bonchev–Trinajstić information content (AvgIpc) is 2.62. The zero-order valence-corrected chi connectivity index (χ0v) is 10.8. The van der Waals surface area contributed by atoms with Crippen LogP contribution in [0.2, 0.25) is 0 Å². The molecule has 0 saturated carbocycles. The Kier molecular flexibility index (Phi) is 4.37. The van der Waals surface area contributed by atoms with Gasteiger partial charge in [0, 0.05) is 12.6 Å². The number of ether oxygens (including phenoxy) is 1. The van der Waals surface area contributed by atoms with Crippen molar-refractivity contribution < 1.29 is 9.53 Å². The summed E-state index contributed by atoms with van der Waals surface area (Å²) in [5.74, 6) is 0.364. The monoisotopic (exact) mass is 240 g/mol. The third-order valence-corrected chi connectivity index (χ3v) is 2.37. The molecule has 0 aliphatic rings. The molecule has 0 bridgehead atoms. The molecule has 0 aromatic carbocycles. The molecular weight excluding hydrogens is 220 g/mol. The SMILES string of the molecule is CCCNc1nn(C(C)C)c(N)c1C(=O)OC. The van der Waals surface area contributed by atoms with Gasteiger partial charge in [0.05, 0.1) is 7.11 Å². The number of methoxy groups -OCH3 is 1. The van der Waals surface area contributed by atoms with Gasteiger partial charge < -0.3 is 15.8 Å². The van der Waals surface area contributed by atoms with Crippen LogP contribution in [0.5, 0.6) is 0 Å². The minimum Gasteiger partial charge on any atom is -0.465 e. The largest absolute Gasteiger partial charge is 0.465 e. The summed E-state index contributed by atoms with van der Waals surface area (Å²) in [4.78, 5) is 11.7. The molecule has 6 nitrogen and oxygen atoms in total. The molecule has 0 saturated heterocycles. The molecule has 6 heteroatoms. The quantitative estimate of drug-likeness (QED) is 0.765. The van der Waals surface area contributed by atoms with E-state index in [2.05, 4.69) is 10.4 Å². The molecule has 0 radical (unpaired) electrons. The molecule has 0 spiro atoms. The maximum Gasteiger partial charge on any atom is 0.345 e. The Hall–Kier alpha value is -1.72. The van der Waals surface area contributed by atoms with E-state index >= 15 is 0 Å². The summed E-state index contributed by atoms with van der Waals surface area (Å²) in [6.45, 7) is 6.67. The second kappa shape index (κ2) is 5.56. The van der Waals surface area contributed by atoms with Crippen molar-refractivity contribution in [1.82, 2.24) is 9.78 Å². The maximum atomic E-state index is 11.7. The van der Waals surface area contributed by atoms with E-state index in [-0.39, 0.29) is 6.04 Å². The highest BCUT2D eigenvalue weighted by Gasteiger charge is 2.23. The van der Waals surface area contributed by atoms with Crippen LogP contribution in [0, 0.1) is 0 Å². The molecule has 1 aromatic heterocycles. The highest BCUT2D eigenvalue weighted by molar-refractivity contribution is 5.99. The third kappa shape index (κ3) is 2.69. The molecule has 0 unspecified atom stereocenters. The van der Waals surface area contributed by atoms with Crippen molar-refractivity contribution in [2.24, 2.45) is 0 Å². The van der Waals surface area contributed by atoms with E-state index in [0.29, 0.717) is 17.2 Å². The number of aromatic nitrogens is 2. The predicted molar refractivity (Wildman–Crippen MR) is 67.1 cm³/mol. The first-order valence-corrected chi connectivity index (χ1v) is 5.73. The first kappa shape index (κ1) is 13.3. The predicted octanol–water partition coefficient (Wildman–Crippen LogP) is 1.65. The maximum absolute atomic E-state index is 11.7. The zero-order chi connectivity index (χ0) is 13.0. The van der Waals surface area contributed by atoms with E-state index in [1.165, 1.54) is 7.11 Å². The zero-order valence-electron chi connectivity index (χ0n) is 10.8. The van der Waals surface area contributed by atoms with Gasteiger partial charge in [-0.3, -0.25) is 0 Å². The number of nitrogens with zero attached hydrogens (tertiary/aromatic N) is 2. The van der Waals surface area contributed by atoms with Crippen molar-refractivity contribution in [1.29, 1.82) is 0 Å². The van der Waals surface area contributed by atoms with Crippen LogP contribution in [0.15, 0.2) is 0 Å². The van der Waals surface area contributed by atoms with Crippen molar-refractivity contribution in [3.05, 3.63) is 5.56 Å². The standard InChI is InChI=1S/C11H20N4O2/c1-5-6-13-10-8(11(16)17-4)9(12)15(14-10)7(2)3/h7H,5-6,12H2,1-4H3,(H,13,14). The van der Waals surface area contributed by atoms with Gasteiger partial charge in [-0.25, -0.2) is 9.48 Å². The summed E-state index contributed by atoms with van der Waals surface area (Å²) >= 11 is 0. The fraction of sp³-hybridized carbons (Fsp3) is 0.636. The van der Waals surface area contributed by atoms with Crippen molar-refractivity contribution in [3.63, 3.8) is 0 Å². The van der Waals surface area contributed by atoms with Crippen LogP contribution in [0.3, 0.4) is 0 Å². The van der Waals surface area contributed by atoms with Gasteiger partial charge in [0.2, 0.25) is 0 Å². The Labute approximate surface area is 101 Å². The number of hydrogen-bond donors (Lipinski definition) is 2. The van der Waals surface area contributed by atoms with Crippen molar-refractivity contribution in [3.8, 4) is 0 Å². The van der Waals surface area contributed by atoms with Gasteiger partial charge in [0.1, 0.15) is 11.4 Å². The number of nitrogens with two attached hydrogens (primary N) is 1. The molecule has 17 heavy (non-hydrogen) atoms. The smallest absolute Gasteiger partial charge is 0.345 e. The van der Waals surface area contributed by atoms with Gasteiger partial charge in [-0.1, -0.05) is 6.92 Å². The Balaban J connectivity index is 3.17. The molecule has 0 aliphatic carbocycles. The summed E-state index contributed by atoms with van der Waals surface area (Å²) in [7, 11) is 1.33. The van der Waals surface area contributed by atoms with Gasteiger partial charge in [-0.15, -0.1) is 0 Å². The van der Waals surface area contributed by atoms with Crippen LogP contribution in [0.4, 0.5) is 11.6 Å². The molecule has 0 atom stereocenters. The minimum absolute atomic E-state index is 0.0931. The topological polar surface area (TPSA) is 82.2 Å². The summed E-state index contributed by atoms with van der Waals surface area (Å²) in [6, 6.07) is 0.0931. The van der Waals surface area contributed by atoms with E-state index in [9.17, 15) is 4.79 Å². The third-order valence-electron chi connectivity index (χ3n) is 2.37. The number of rotatable bonds is 5. The van der Waals surface area contributed by atoms with Crippen molar-refractivity contribution >= 4 is 17.6 Å². The number of nitrogen functional groups attached to an aromatic ring is 1. The van der Waals surface area contributed by atoms with Crippen LogP contribution in [-0.4, -0.2) is 29.4 Å². The number of esters is 1. The summed E-state index contributed by atoms with van der Waals surface area (Å²) < 4.78 is 6.33. The van der Waals surface area contributed by atoms with E-state index in [1.54, 1.807) is 4.68 Å². The Morgan fingerprint density at radius 2 is 2.24 bits per heavy atom. The van der Waals surface area contributed by atoms with E-state index in [0.717, 1.165) is 13.0 Å². The lowest BCUT2D eigenvalue weighted by molar-refractivity contribution is 0.0603. The van der Waals surface area contributed by atoms with Gasteiger partial charge in [-0.05, 0) is 20.3 Å². The molecule has 0 aliphatic heterocycles. The van der Waals surface area contributed by atoms with Gasteiger partial charge in [0.15, 0.2) is 5.82 Å². The van der Waals surface area contributed by atoms with Gasteiger partial charge in [-0.2, -0.15) is 5.10 Å². The van der Waals surface area contributed by atoms with Crippen molar-refractivity contribution in [2.45, 2.75) is 33.2 Å². The lowest BCUT2D eigenvalue weighted by Crippen LogP contribution is -2.10. The molecule has 3 N–H and O–H groups in total. The highest BCUT2D eigenvalue weighted by atomic mass is 16.5. The number of nitrogens with one attached hydrogen (secondary N) is 1. The lowest BCUT2D eigenvalue weighted by atomic mass is 10.3. The van der Waals surface area contributed by atoms with E-state index in [4.69, 9.17) is 10.5 Å². The number of anilines is 2. The Morgan fingerprint density at radius 1 is 1.59 bits per heavy atom. The molecule has 1 rings (SSSR count). The Bertz CT molecular complexity index is 398. The Morgan fingerprint density at radius 3 is 2.71 bits per heavy atom. The fourth-order valence-electron chi connectivity index (χ4n) is 1.51. The second-order valence-electron chi connectivity index (χ2n) is 4.07. The normalized spacial score (nSPS) is 10.6. The highest BCUT2D eigenvalue weighted by Crippen LogP contribution is 2.25. The molecular formula is C11H20N4O2. The second-order valence-corrected chi connectivity index (χ2v) is 4.07. The molecule has 96 valence electrons. The molecule has 0 amide bonds. The van der Waals surface area contributed by atoms with Crippen LogP contribution in [-0.2, 0) is 4.74 Å². The van der Waals surface area contributed by atoms with Crippen LogP contribution in [0.25, 0.3) is 0 Å². The fourth-order valence-corrected chi connectivity index (χ4v) is 1.51. The van der Waals surface area contributed by atoms with E-state index in [1.807, 2.05) is 20.8 Å². The van der Waals surface area contributed by atoms with E-state index < -0.39 is 5.97 Å². The summed E-state index contributed by atoms with van der Waals surface area (Å²) in [6.07, 6.45) is 0.940. The number of carbonyl (C=O) groups excluding carboxylic acids is 1. The van der Waals surface area contributed by atoms with Crippen molar-refractivity contribution in [2.75, 3.05) is 24.7 Å². The first-order valence-electron chi connectivity index (χ1n) is 5.73. The lowest BCUT2D eigenvalue weighted by Gasteiger charge is -2.06. The number of carbonyl (C=O) groups is 1. The molecule has 0 fully saturated rings. The van der Waals surface area contributed by atoms with Gasteiger partial charge >= 0.3 is 5.97 Å².